The molecule has 0 atom stereocenters. The molecule has 2 rings (SSSR count). The third-order valence-corrected chi connectivity index (χ3v) is 5.91. The van der Waals surface area contributed by atoms with E-state index in [2.05, 4.69) is 4.72 Å². The van der Waals surface area contributed by atoms with Crippen LogP contribution in [0.2, 0.25) is 0 Å². The highest BCUT2D eigenvalue weighted by atomic mass is 35.5. The quantitative estimate of drug-likeness (QED) is 0.808. The van der Waals surface area contributed by atoms with Crippen LogP contribution < -0.4 is 4.72 Å². The molecule has 1 fully saturated rings. The fraction of sp³-hybridized carbons (Fsp3) is 0.600. The first-order valence-electron chi connectivity index (χ1n) is 7.28. The van der Waals surface area contributed by atoms with Crippen molar-refractivity contribution >= 4 is 27.3 Å². The third-order valence-electron chi connectivity index (χ3n) is 3.78. The van der Waals surface area contributed by atoms with E-state index in [-0.39, 0.29) is 5.25 Å². The van der Waals surface area contributed by atoms with Gasteiger partial charge in [0.05, 0.1) is 5.25 Å². The number of nitrogens with one attached hydrogen (secondary N) is 1. The van der Waals surface area contributed by atoms with Gasteiger partial charge in [-0.05, 0) is 43.4 Å². The van der Waals surface area contributed by atoms with Crippen molar-refractivity contribution in [2.24, 2.45) is 0 Å². The summed E-state index contributed by atoms with van der Waals surface area (Å²) >= 11 is 5.69. The Morgan fingerprint density at radius 1 is 1.20 bits per heavy atom. The molecule has 0 amide bonds. The van der Waals surface area contributed by atoms with Gasteiger partial charge in [-0.3, -0.25) is 4.72 Å². The third kappa shape index (κ3) is 4.38. The van der Waals surface area contributed by atoms with Crippen LogP contribution >= 0.6 is 11.6 Å². The summed E-state index contributed by atoms with van der Waals surface area (Å²) in [5.74, 6) is 0.623. The minimum Gasteiger partial charge on any atom is -0.283 e. The summed E-state index contributed by atoms with van der Waals surface area (Å²) in [6.07, 6.45) is 6.52. The predicted molar refractivity (Wildman–Crippen MR) is 84.9 cm³/mol. The van der Waals surface area contributed by atoms with E-state index in [1.54, 1.807) is 0 Å². The van der Waals surface area contributed by atoms with Gasteiger partial charge < -0.3 is 0 Å². The summed E-state index contributed by atoms with van der Waals surface area (Å²) in [6.45, 7) is 0. The molecule has 0 spiro atoms. The van der Waals surface area contributed by atoms with E-state index in [9.17, 15) is 8.42 Å². The van der Waals surface area contributed by atoms with Gasteiger partial charge >= 0.3 is 0 Å². The number of rotatable bonds is 6. The standard InChI is InChI=1S/C15H22ClNO2S/c16-11-5-7-13-6-4-8-14(12-13)17-20(18,19)15-9-2-1-3-10-15/h4,6,8,12,15,17H,1-3,5,7,9-11H2. The number of hydrogen-bond acceptors (Lipinski definition) is 2. The van der Waals surface area contributed by atoms with Crippen molar-refractivity contribution in [3.05, 3.63) is 29.8 Å². The maximum Gasteiger partial charge on any atom is 0.235 e. The van der Waals surface area contributed by atoms with Crippen LogP contribution in [0.15, 0.2) is 24.3 Å². The largest absolute Gasteiger partial charge is 0.283 e. The lowest BCUT2D eigenvalue weighted by atomic mass is 10.0. The number of aryl methyl sites for hydroxylation is 1. The summed E-state index contributed by atoms with van der Waals surface area (Å²) in [5.41, 5.74) is 1.79. The smallest absolute Gasteiger partial charge is 0.235 e. The van der Waals surface area contributed by atoms with Crippen LogP contribution in [-0.4, -0.2) is 19.5 Å². The lowest BCUT2D eigenvalue weighted by Gasteiger charge is -2.22. The van der Waals surface area contributed by atoms with E-state index in [0.717, 1.165) is 50.5 Å². The molecular formula is C15H22ClNO2S. The lowest BCUT2D eigenvalue weighted by molar-refractivity contribution is 0.486. The van der Waals surface area contributed by atoms with Crippen LogP contribution in [0.1, 0.15) is 44.1 Å². The summed E-state index contributed by atoms with van der Waals surface area (Å²) in [7, 11) is -3.25. The van der Waals surface area contributed by atoms with E-state index in [0.29, 0.717) is 11.6 Å². The molecule has 1 aliphatic rings. The zero-order valence-corrected chi connectivity index (χ0v) is 13.2. The Hall–Kier alpha value is -0.740. The maximum absolute atomic E-state index is 12.3. The van der Waals surface area contributed by atoms with Crippen molar-refractivity contribution in [1.29, 1.82) is 0 Å². The Morgan fingerprint density at radius 2 is 1.95 bits per heavy atom. The Bertz CT molecular complexity index is 524. The number of sulfonamides is 1. The van der Waals surface area contributed by atoms with Crippen LogP contribution in [-0.2, 0) is 16.4 Å². The van der Waals surface area contributed by atoms with Crippen LogP contribution in [0.4, 0.5) is 5.69 Å². The molecule has 1 aliphatic carbocycles. The van der Waals surface area contributed by atoms with Crippen molar-refractivity contribution in [3.8, 4) is 0 Å². The van der Waals surface area contributed by atoms with Crippen molar-refractivity contribution < 1.29 is 8.42 Å². The molecule has 5 heteroatoms. The molecule has 1 aromatic carbocycles. The monoisotopic (exact) mass is 315 g/mol. The fourth-order valence-corrected chi connectivity index (χ4v) is 4.39. The SMILES string of the molecule is O=S(=O)(Nc1cccc(CCCCl)c1)C1CCCCC1. The van der Waals surface area contributed by atoms with E-state index in [1.165, 1.54) is 0 Å². The van der Waals surface area contributed by atoms with Gasteiger partial charge in [0, 0.05) is 11.6 Å². The van der Waals surface area contributed by atoms with E-state index < -0.39 is 10.0 Å². The molecule has 0 heterocycles. The number of halogens is 1. The second kappa shape index (κ2) is 7.32. The predicted octanol–water partition coefficient (Wildman–Crippen LogP) is 3.93. The first-order chi connectivity index (χ1) is 9.62. The first kappa shape index (κ1) is 15.6. The van der Waals surface area contributed by atoms with Gasteiger partial charge in [0.15, 0.2) is 0 Å². The van der Waals surface area contributed by atoms with Gasteiger partial charge in [-0.25, -0.2) is 8.42 Å². The lowest BCUT2D eigenvalue weighted by Crippen LogP contribution is -2.29. The molecule has 0 saturated heterocycles. The van der Waals surface area contributed by atoms with Gasteiger partial charge in [0.1, 0.15) is 0 Å². The van der Waals surface area contributed by atoms with Gasteiger partial charge in [-0.2, -0.15) is 0 Å². The summed E-state index contributed by atoms with van der Waals surface area (Å²) < 4.78 is 27.4. The Morgan fingerprint density at radius 3 is 2.65 bits per heavy atom. The fourth-order valence-electron chi connectivity index (χ4n) is 2.68. The molecule has 112 valence electrons. The molecule has 0 aromatic heterocycles. The first-order valence-corrected chi connectivity index (χ1v) is 9.36. The maximum atomic E-state index is 12.3. The average molecular weight is 316 g/mol. The second-order valence-corrected chi connectivity index (χ2v) is 7.74. The molecule has 0 bridgehead atoms. The normalized spacial score (nSPS) is 17.1. The molecule has 0 radical (unpaired) electrons. The van der Waals surface area contributed by atoms with Gasteiger partial charge in [-0.1, -0.05) is 31.4 Å². The minimum atomic E-state index is -3.25. The molecule has 1 N–H and O–H groups in total. The van der Waals surface area contributed by atoms with Crippen molar-refractivity contribution in [2.75, 3.05) is 10.6 Å². The van der Waals surface area contributed by atoms with Gasteiger partial charge in [-0.15, -0.1) is 11.6 Å². The van der Waals surface area contributed by atoms with Crippen LogP contribution in [0, 0.1) is 0 Å². The molecule has 0 aliphatic heterocycles. The minimum absolute atomic E-state index is 0.234. The molecule has 1 saturated carbocycles. The highest BCUT2D eigenvalue weighted by Gasteiger charge is 2.27. The molecule has 1 aromatic rings. The van der Waals surface area contributed by atoms with E-state index in [1.807, 2.05) is 24.3 Å². The number of benzene rings is 1. The Kier molecular flexibility index (Phi) is 5.73. The molecule has 0 unspecified atom stereocenters. The van der Waals surface area contributed by atoms with E-state index in [4.69, 9.17) is 11.6 Å². The second-order valence-electron chi connectivity index (χ2n) is 5.40. The molecule has 20 heavy (non-hydrogen) atoms. The van der Waals surface area contributed by atoms with Gasteiger partial charge in [0.25, 0.3) is 0 Å². The van der Waals surface area contributed by atoms with Crippen LogP contribution in [0.5, 0.6) is 0 Å². The van der Waals surface area contributed by atoms with Crippen molar-refractivity contribution in [1.82, 2.24) is 0 Å². The number of anilines is 1. The molecular weight excluding hydrogens is 294 g/mol. The van der Waals surface area contributed by atoms with Crippen LogP contribution in [0.25, 0.3) is 0 Å². The number of hydrogen-bond donors (Lipinski definition) is 1. The van der Waals surface area contributed by atoms with E-state index >= 15 is 0 Å². The highest BCUT2D eigenvalue weighted by molar-refractivity contribution is 7.93. The molecule has 3 nitrogen and oxygen atoms in total. The summed E-state index contributed by atoms with van der Waals surface area (Å²) in [4.78, 5) is 0. The van der Waals surface area contributed by atoms with Gasteiger partial charge in [0.2, 0.25) is 10.0 Å². The van der Waals surface area contributed by atoms with Crippen molar-refractivity contribution in [2.45, 2.75) is 50.2 Å². The zero-order valence-electron chi connectivity index (χ0n) is 11.6. The Labute approximate surface area is 126 Å². The summed E-state index contributed by atoms with van der Waals surface area (Å²) in [5, 5.41) is -0.234. The average Bonchev–Trinajstić information content (AvgIpc) is 2.46. The Balaban J connectivity index is 2.04. The topological polar surface area (TPSA) is 46.2 Å². The van der Waals surface area contributed by atoms with Crippen molar-refractivity contribution in [3.63, 3.8) is 0 Å². The summed E-state index contributed by atoms with van der Waals surface area (Å²) in [6, 6.07) is 7.62. The highest BCUT2D eigenvalue weighted by Crippen LogP contribution is 2.25. The van der Waals surface area contributed by atoms with Crippen LogP contribution in [0.3, 0.4) is 0 Å². The zero-order chi connectivity index (χ0) is 14.4. The number of alkyl halides is 1.